The first-order chi connectivity index (χ1) is 11.7. The molecule has 2 heterocycles. The Morgan fingerprint density at radius 1 is 1.17 bits per heavy atom. The number of aromatic nitrogens is 2. The molecule has 1 aromatic carbocycles. The fourth-order valence-electron chi connectivity index (χ4n) is 2.82. The largest absolute Gasteiger partial charge is 0.389 e. The van der Waals surface area contributed by atoms with Gasteiger partial charge in [0, 0.05) is 50.0 Å². The average molecular weight is 345 g/mol. The Hall–Kier alpha value is -1.47. The van der Waals surface area contributed by atoms with Gasteiger partial charge in [-0.15, -0.1) is 0 Å². The van der Waals surface area contributed by atoms with E-state index in [4.69, 9.17) is 4.74 Å². The number of thioether (sulfide) groups is 1. The van der Waals surface area contributed by atoms with Gasteiger partial charge in [-0.05, 0) is 12.5 Å². The molecule has 1 aromatic heterocycles. The minimum absolute atomic E-state index is 0.0865. The minimum atomic E-state index is -0.411. The number of hydrogen-bond acceptors (Lipinski definition) is 6. The molecule has 0 amide bonds. The van der Waals surface area contributed by atoms with E-state index < -0.39 is 6.10 Å². The zero-order valence-electron chi connectivity index (χ0n) is 13.8. The molecule has 0 spiro atoms. The van der Waals surface area contributed by atoms with E-state index in [-0.39, 0.29) is 6.10 Å². The van der Waals surface area contributed by atoms with Gasteiger partial charge in [0.05, 0.1) is 12.2 Å². The molecule has 1 saturated heterocycles. The predicted octanol–water partition coefficient (Wildman–Crippen LogP) is 2.35. The number of aliphatic hydroxyl groups is 1. The highest BCUT2D eigenvalue weighted by molar-refractivity contribution is 7.98. The van der Waals surface area contributed by atoms with Crippen molar-refractivity contribution < 1.29 is 9.84 Å². The van der Waals surface area contributed by atoms with Crippen LogP contribution in [-0.2, 0) is 17.0 Å². The fraction of sp³-hybridized carbons (Fsp3) is 0.444. The molecule has 0 unspecified atom stereocenters. The Balaban J connectivity index is 1.50. The maximum atomic E-state index is 9.99. The summed E-state index contributed by atoms with van der Waals surface area (Å²) in [7, 11) is 0. The van der Waals surface area contributed by atoms with Crippen LogP contribution in [0.25, 0.3) is 0 Å². The molecule has 3 rings (SSSR count). The number of benzene rings is 1. The predicted molar refractivity (Wildman–Crippen MR) is 94.7 cm³/mol. The number of aliphatic hydroxyl groups excluding tert-OH is 1. The molecule has 0 bridgehead atoms. The van der Waals surface area contributed by atoms with E-state index in [1.165, 1.54) is 5.56 Å². The molecular formula is C18H23N3O2S. The highest BCUT2D eigenvalue weighted by Gasteiger charge is 2.31. The Labute approximate surface area is 147 Å². The van der Waals surface area contributed by atoms with Crippen molar-refractivity contribution in [1.29, 1.82) is 0 Å². The number of β-amino-alcohol motifs (C(OH)–C–C–N with tert-alkyl or cyclic N) is 1. The molecule has 0 aliphatic carbocycles. The van der Waals surface area contributed by atoms with Crippen molar-refractivity contribution in [2.45, 2.75) is 36.6 Å². The van der Waals surface area contributed by atoms with Crippen LogP contribution in [0.3, 0.4) is 0 Å². The van der Waals surface area contributed by atoms with Crippen LogP contribution in [0.1, 0.15) is 18.1 Å². The Morgan fingerprint density at radius 2 is 1.92 bits per heavy atom. The lowest BCUT2D eigenvalue weighted by Crippen LogP contribution is -2.26. The molecule has 2 aromatic rings. The van der Waals surface area contributed by atoms with Crippen molar-refractivity contribution in [2.75, 3.05) is 19.7 Å². The molecule has 1 N–H and O–H groups in total. The van der Waals surface area contributed by atoms with Crippen LogP contribution < -0.4 is 0 Å². The summed E-state index contributed by atoms with van der Waals surface area (Å²) in [6, 6.07) is 10.3. The zero-order valence-corrected chi connectivity index (χ0v) is 14.7. The second-order valence-electron chi connectivity index (χ2n) is 5.90. The summed E-state index contributed by atoms with van der Waals surface area (Å²) in [6.07, 6.45) is 3.25. The summed E-state index contributed by atoms with van der Waals surface area (Å²) in [5.41, 5.74) is 2.33. The van der Waals surface area contributed by atoms with Crippen molar-refractivity contribution in [3.63, 3.8) is 0 Å². The molecule has 0 saturated carbocycles. The maximum Gasteiger partial charge on any atom is 0.187 e. The number of nitrogens with zero attached hydrogens (tertiary/aromatic N) is 3. The highest BCUT2D eigenvalue weighted by atomic mass is 32.2. The monoisotopic (exact) mass is 345 g/mol. The van der Waals surface area contributed by atoms with Crippen LogP contribution in [0.4, 0.5) is 0 Å². The van der Waals surface area contributed by atoms with Gasteiger partial charge in [0.1, 0.15) is 0 Å². The Bertz CT molecular complexity index is 624. The van der Waals surface area contributed by atoms with E-state index in [0.717, 1.165) is 29.6 Å². The van der Waals surface area contributed by atoms with Crippen LogP contribution >= 0.6 is 11.8 Å². The molecule has 1 fully saturated rings. The number of rotatable bonds is 7. The minimum Gasteiger partial charge on any atom is -0.389 e. The first kappa shape index (κ1) is 17.4. The third-order valence-electron chi connectivity index (χ3n) is 3.99. The molecular weight excluding hydrogens is 322 g/mol. The lowest BCUT2D eigenvalue weighted by Gasteiger charge is -2.15. The van der Waals surface area contributed by atoms with Crippen molar-refractivity contribution in [3.8, 4) is 0 Å². The number of ether oxygens (including phenoxy) is 1. The SMILES string of the molecule is CCO[C@H]1CN(Cc2cnc(SCc3ccccc3)nc2)C[C@@H]1O. The van der Waals surface area contributed by atoms with Crippen LogP contribution in [-0.4, -0.2) is 51.9 Å². The van der Waals surface area contributed by atoms with Gasteiger partial charge < -0.3 is 9.84 Å². The van der Waals surface area contributed by atoms with Gasteiger partial charge >= 0.3 is 0 Å². The third-order valence-corrected chi connectivity index (χ3v) is 4.94. The van der Waals surface area contributed by atoms with Gasteiger partial charge in [-0.3, -0.25) is 4.90 Å². The normalized spacial score (nSPS) is 21.2. The van der Waals surface area contributed by atoms with Crippen LogP contribution in [0.5, 0.6) is 0 Å². The highest BCUT2D eigenvalue weighted by Crippen LogP contribution is 2.20. The molecule has 2 atom stereocenters. The number of hydrogen-bond donors (Lipinski definition) is 1. The molecule has 128 valence electrons. The Morgan fingerprint density at radius 3 is 2.62 bits per heavy atom. The molecule has 5 nitrogen and oxygen atoms in total. The van der Waals surface area contributed by atoms with E-state index in [1.54, 1.807) is 11.8 Å². The van der Waals surface area contributed by atoms with Crippen molar-refractivity contribution >= 4 is 11.8 Å². The lowest BCUT2D eigenvalue weighted by molar-refractivity contribution is -0.00245. The van der Waals surface area contributed by atoms with Gasteiger partial charge in [-0.1, -0.05) is 42.1 Å². The van der Waals surface area contributed by atoms with E-state index in [9.17, 15) is 5.11 Å². The van der Waals surface area contributed by atoms with Crippen LogP contribution in [0.2, 0.25) is 0 Å². The van der Waals surface area contributed by atoms with E-state index in [2.05, 4.69) is 27.0 Å². The summed E-state index contributed by atoms with van der Waals surface area (Å²) >= 11 is 1.64. The molecule has 24 heavy (non-hydrogen) atoms. The fourth-order valence-corrected chi connectivity index (χ4v) is 3.56. The third kappa shape index (κ3) is 4.77. The summed E-state index contributed by atoms with van der Waals surface area (Å²) in [5, 5.41) is 10.8. The second-order valence-corrected chi connectivity index (χ2v) is 6.85. The van der Waals surface area contributed by atoms with E-state index in [0.29, 0.717) is 13.2 Å². The van der Waals surface area contributed by atoms with Crippen molar-refractivity contribution in [1.82, 2.24) is 14.9 Å². The molecule has 6 heteroatoms. The van der Waals surface area contributed by atoms with E-state index in [1.807, 2.05) is 37.5 Å². The van der Waals surface area contributed by atoms with Gasteiger partial charge in [0.25, 0.3) is 0 Å². The summed E-state index contributed by atoms with van der Waals surface area (Å²) in [5.74, 6) is 0.870. The molecule has 1 aliphatic rings. The maximum absolute atomic E-state index is 9.99. The van der Waals surface area contributed by atoms with Gasteiger partial charge in [-0.25, -0.2) is 9.97 Å². The first-order valence-electron chi connectivity index (χ1n) is 8.24. The summed E-state index contributed by atoms with van der Waals surface area (Å²) < 4.78 is 5.55. The van der Waals surface area contributed by atoms with Crippen molar-refractivity contribution in [3.05, 3.63) is 53.9 Å². The average Bonchev–Trinajstić information content (AvgIpc) is 2.95. The van der Waals surface area contributed by atoms with Gasteiger partial charge in [-0.2, -0.15) is 0 Å². The second kappa shape index (κ2) is 8.58. The lowest BCUT2D eigenvalue weighted by atomic mass is 10.2. The quantitative estimate of drug-likeness (QED) is 0.614. The van der Waals surface area contributed by atoms with E-state index >= 15 is 0 Å². The van der Waals surface area contributed by atoms with Crippen molar-refractivity contribution in [2.24, 2.45) is 0 Å². The topological polar surface area (TPSA) is 58.5 Å². The molecule has 1 aliphatic heterocycles. The summed E-state index contributed by atoms with van der Waals surface area (Å²) in [6.45, 7) is 4.71. The summed E-state index contributed by atoms with van der Waals surface area (Å²) in [4.78, 5) is 11.1. The standard InChI is InChI=1S/C18H23N3O2S/c1-2-23-17-12-21(11-16(17)22)10-15-8-19-18(20-9-15)24-13-14-6-4-3-5-7-14/h3-9,16-17,22H,2,10-13H2,1H3/t16-,17-/m0/s1. The molecule has 0 radical (unpaired) electrons. The van der Waals surface area contributed by atoms with Gasteiger partial charge in [0.2, 0.25) is 0 Å². The first-order valence-corrected chi connectivity index (χ1v) is 9.23. The van der Waals surface area contributed by atoms with Crippen LogP contribution in [0.15, 0.2) is 47.9 Å². The smallest absolute Gasteiger partial charge is 0.187 e. The zero-order chi connectivity index (χ0) is 16.8. The number of likely N-dealkylation sites (tertiary alicyclic amines) is 1. The van der Waals surface area contributed by atoms with Crippen LogP contribution in [0, 0.1) is 0 Å². The van der Waals surface area contributed by atoms with Gasteiger partial charge in [0.15, 0.2) is 5.16 Å². The Kier molecular flexibility index (Phi) is 6.20.